The van der Waals surface area contributed by atoms with Crippen molar-refractivity contribution in [2.45, 2.75) is 50.4 Å². The number of carbonyl (C=O) groups excluding carboxylic acids is 1. The number of ether oxygens (including phenoxy) is 1. The zero-order valence-electron chi connectivity index (χ0n) is 14.8. The van der Waals surface area contributed by atoms with E-state index in [1.807, 2.05) is 0 Å². The summed E-state index contributed by atoms with van der Waals surface area (Å²) in [7, 11) is 0. The second kappa shape index (κ2) is 8.08. The van der Waals surface area contributed by atoms with Gasteiger partial charge in [-0.2, -0.15) is 23.3 Å². The van der Waals surface area contributed by atoms with E-state index in [2.05, 4.69) is 5.10 Å². The normalized spacial score (nSPS) is 23.6. The van der Waals surface area contributed by atoms with Crippen LogP contribution in [0.3, 0.4) is 0 Å². The lowest BCUT2D eigenvalue weighted by atomic mass is 9.83. The molecule has 1 atom stereocenters. The average Bonchev–Trinajstić information content (AvgIpc) is 3.00. The predicted molar refractivity (Wildman–Crippen MR) is 98.4 cm³/mol. The van der Waals surface area contributed by atoms with Crippen LogP contribution < -0.4 is 4.74 Å². The van der Waals surface area contributed by atoms with Crippen LogP contribution in [0.5, 0.6) is 5.75 Å². The minimum Gasteiger partial charge on any atom is -0.482 e. The molecule has 1 amide bonds. The number of rotatable bonds is 4. The third-order valence-electron chi connectivity index (χ3n) is 5.02. The summed E-state index contributed by atoms with van der Waals surface area (Å²) in [4.78, 5) is 12.5. The second-order valence-corrected chi connectivity index (χ2v) is 7.83. The van der Waals surface area contributed by atoms with Gasteiger partial charge in [0, 0.05) is 17.2 Å². The van der Waals surface area contributed by atoms with E-state index >= 15 is 0 Å². The molecule has 2 aliphatic rings. The molecule has 1 N–H and O–H groups in total. The molecular formula is C18H19Cl2F3N2O3. The third-order valence-corrected chi connectivity index (χ3v) is 5.55. The Bertz CT molecular complexity index is 782. The number of hydrogen-bond donors (Lipinski definition) is 1. The molecule has 0 unspecified atom stereocenters. The summed E-state index contributed by atoms with van der Waals surface area (Å²) in [5, 5.41) is 14.8. The first kappa shape index (κ1) is 21.2. The highest BCUT2D eigenvalue weighted by Crippen LogP contribution is 2.43. The Balaban J connectivity index is 1.78. The molecule has 1 aliphatic heterocycles. The van der Waals surface area contributed by atoms with Crippen LogP contribution in [0.15, 0.2) is 23.3 Å². The van der Waals surface area contributed by atoms with Crippen molar-refractivity contribution in [2.24, 2.45) is 11.0 Å². The minimum atomic E-state index is -5.06. The van der Waals surface area contributed by atoms with Crippen LogP contribution in [0.1, 0.15) is 38.5 Å². The first-order valence-corrected chi connectivity index (χ1v) is 9.65. The van der Waals surface area contributed by atoms with E-state index in [9.17, 15) is 23.1 Å². The fourth-order valence-corrected chi connectivity index (χ4v) is 3.97. The quantitative estimate of drug-likeness (QED) is 0.734. The van der Waals surface area contributed by atoms with E-state index in [0.717, 1.165) is 19.3 Å². The highest BCUT2D eigenvalue weighted by atomic mass is 35.5. The highest BCUT2D eigenvalue weighted by Gasteiger charge is 2.63. The van der Waals surface area contributed by atoms with E-state index in [1.54, 1.807) is 0 Å². The molecule has 1 aliphatic carbocycles. The Labute approximate surface area is 170 Å². The summed E-state index contributed by atoms with van der Waals surface area (Å²) in [5.41, 5.74) is -3.17. The van der Waals surface area contributed by atoms with Gasteiger partial charge in [-0.3, -0.25) is 4.79 Å². The molecule has 0 bridgehead atoms. The third kappa shape index (κ3) is 4.23. The summed E-state index contributed by atoms with van der Waals surface area (Å²) in [6.45, 7) is -0.763. The molecule has 28 heavy (non-hydrogen) atoms. The first-order valence-electron chi connectivity index (χ1n) is 8.89. The van der Waals surface area contributed by atoms with Gasteiger partial charge in [-0.1, -0.05) is 42.5 Å². The van der Waals surface area contributed by atoms with Gasteiger partial charge in [-0.05, 0) is 37.0 Å². The topological polar surface area (TPSA) is 62.1 Å². The number of halogens is 5. The molecule has 0 radical (unpaired) electrons. The van der Waals surface area contributed by atoms with Crippen molar-refractivity contribution in [3.63, 3.8) is 0 Å². The number of aliphatic hydroxyl groups is 1. The van der Waals surface area contributed by atoms with Gasteiger partial charge in [-0.15, -0.1) is 0 Å². The van der Waals surface area contributed by atoms with E-state index in [0.29, 0.717) is 17.9 Å². The highest BCUT2D eigenvalue weighted by molar-refractivity contribution is 6.35. The van der Waals surface area contributed by atoms with Gasteiger partial charge >= 0.3 is 6.18 Å². The van der Waals surface area contributed by atoms with Crippen LogP contribution in [-0.2, 0) is 4.79 Å². The maximum absolute atomic E-state index is 13.6. The van der Waals surface area contributed by atoms with Gasteiger partial charge in [0.25, 0.3) is 11.6 Å². The maximum Gasteiger partial charge on any atom is 0.438 e. The molecule has 10 heteroatoms. The number of hydrazone groups is 1. The Kier molecular flexibility index (Phi) is 6.12. The molecule has 1 heterocycles. The standard InChI is InChI=1S/C18H19Cl2F3N2O3/c19-12-6-7-15(13(20)8-12)28-10-16(26)25-17(27,18(21,22)23)9-14(24-25)11-4-2-1-3-5-11/h6-8,11,27H,1-5,9-10H2/t17-/m0/s1. The van der Waals surface area contributed by atoms with Gasteiger partial charge in [0.05, 0.1) is 5.02 Å². The number of nitrogens with zero attached hydrogens (tertiary/aromatic N) is 2. The zero-order chi connectivity index (χ0) is 20.5. The van der Waals surface area contributed by atoms with E-state index in [-0.39, 0.29) is 27.4 Å². The van der Waals surface area contributed by atoms with E-state index in [1.165, 1.54) is 18.2 Å². The summed E-state index contributed by atoms with van der Waals surface area (Å²) in [6.07, 6.45) is -1.60. The zero-order valence-corrected chi connectivity index (χ0v) is 16.3. The lowest BCUT2D eigenvalue weighted by molar-refractivity contribution is -0.302. The molecule has 1 aromatic rings. The van der Waals surface area contributed by atoms with E-state index < -0.39 is 30.8 Å². The van der Waals surface area contributed by atoms with Crippen LogP contribution in [0, 0.1) is 5.92 Å². The van der Waals surface area contributed by atoms with Crippen LogP contribution in [0.25, 0.3) is 0 Å². The minimum absolute atomic E-state index is 0.0886. The first-order chi connectivity index (χ1) is 13.1. The molecule has 0 spiro atoms. The van der Waals surface area contributed by atoms with Gasteiger partial charge in [0.1, 0.15) is 5.75 Å². The summed E-state index contributed by atoms with van der Waals surface area (Å²) in [5.74, 6) is -1.19. The lowest BCUT2D eigenvalue weighted by Crippen LogP contribution is -2.57. The van der Waals surface area contributed by atoms with Crippen molar-refractivity contribution >= 4 is 34.8 Å². The van der Waals surface area contributed by atoms with Crippen LogP contribution in [0.2, 0.25) is 10.0 Å². The van der Waals surface area contributed by atoms with Crippen LogP contribution in [-0.4, -0.2) is 40.2 Å². The van der Waals surface area contributed by atoms with Crippen LogP contribution >= 0.6 is 23.2 Å². The van der Waals surface area contributed by atoms with Crippen LogP contribution in [0.4, 0.5) is 13.2 Å². The van der Waals surface area contributed by atoms with Crippen molar-refractivity contribution in [1.82, 2.24) is 5.01 Å². The van der Waals surface area contributed by atoms with E-state index in [4.69, 9.17) is 27.9 Å². The van der Waals surface area contributed by atoms with Crippen molar-refractivity contribution in [3.8, 4) is 5.75 Å². The SMILES string of the molecule is O=C(COc1ccc(Cl)cc1Cl)N1N=C(C2CCCCC2)C[C@]1(O)C(F)(F)F. The molecule has 3 rings (SSSR count). The van der Waals surface area contributed by atoms with Gasteiger partial charge in [0.2, 0.25) is 0 Å². The van der Waals surface area contributed by atoms with Crippen molar-refractivity contribution in [3.05, 3.63) is 28.2 Å². The number of benzene rings is 1. The molecular weight excluding hydrogens is 420 g/mol. The van der Waals surface area contributed by atoms with Gasteiger partial charge in [0.15, 0.2) is 6.61 Å². The summed E-state index contributed by atoms with van der Waals surface area (Å²) >= 11 is 11.7. The molecule has 0 aromatic heterocycles. The number of amides is 1. The van der Waals surface area contributed by atoms with Crippen molar-refractivity contribution < 1.29 is 27.8 Å². The monoisotopic (exact) mass is 438 g/mol. The largest absolute Gasteiger partial charge is 0.482 e. The molecule has 5 nitrogen and oxygen atoms in total. The smallest absolute Gasteiger partial charge is 0.438 e. The Morgan fingerprint density at radius 1 is 1.29 bits per heavy atom. The predicted octanol–water partition coefficient (Wildman–Crippen LogP) is 4.79. The Morgan fingerprint density at radius 2 is 1.96 bits per heavy atom. The van der Waals surface area contributed by atoms with Gasteiger partial charge in [-0.25, -0.2) is 0 Å². The summed E-state index contributed by atoms with van der Waals surface area (Å²) < 4.78 is 45.9. The fourth-order valence-electron chi connectivity index (χ4n) is 3.51. The van der Waals surface area contributed by atoms with Crippen molar-refractivity contribution in [2.75, 3.05) is 6.61 Å². The number of hydrogen-bond acceptors (Lipinski definition) is 4. The molecule has 1 fully saturated rings. The van der Waals surface area contributed by atoms with Crippen molar-refractivity contribution in [1.29, 1.82) is 0 Å². The Morgan fingerprint density at radius 3 is 2.57 bits per heavy atom. The fraction of sp³-hybridized carbons (Fsp3) is 0.556. The number of carbonyl (C=O) groups is 1. The molecule has 1 saturated carbocycles. The second-order valence-electron chi connectivity index (χ2n) is 6.99. The molecule has 154 valence electrons. The molecule has 0 saturated heterocycles. The number of alkyl halides is 3. The molecule has 1 aromatic carbocycles. The maximum atomic E-state index is 13.6. The van der Waals surface area contributed by atoms with Gasteiger partial charge < -0.3 is 9.84 Å². The Hall–Kier alpha value is -1.51. The average molecular weight is 439 g/mol. The lowest BCUT2D eigenvalue weighted by Gasteiger charge is -2.32. The summed E-state index contributed by atoms with van der Waals surface area (Å²) in [6, 6.07) is 4.24.